The Morgan fingerprint density at radius 3 is 2.47 bits per heavy atom. The van der Waals surface area contributed by atoms with Crippen molar-refractivity contribution in [2.24, 2.45) is 0 Å². The fourth-order valence-electron chi connectivity index (χ4n) is 0.729. The van der Waals surface area contributed by atoms with Crippen LogP contribution < -0.4 is 0 Å². The molecule has 0 fully saturated rings. The lowest BCUT2D eigenvalue weighted by molar-refractivity contribution is -0.165. The lowest BCUT2D eigenvalue weighted by atomic mass is 10.3. The number of carbonyl (C=O) groups excluding carboxylic acids is 1. The number of hydrogen-bond donors (Lipinski definition) is 1. The second-order valence-corrected chi connectivity index (χ2v) is 4.96. The van der Waals surface area contributed by atoms with Gasteiger partial charge in [0.1, 0.15) is 5.76 Å². The summed E-state index contributed by atoms with van der Waals surface area (Å²) in [5, 5.41) is 9.20. The molecule has 0 spiro atoms. The van der Waals surface area contributed by atoms with Crippen LogP contribution in [0.3, 0.4) is 0 Å². The molecule has 1 rings (SSSR count). The molecule has 0 aliphatic heterocycles. The molecular weight excluding hydrogens is 297 g/mol. The zero-order valence-corrected chi connectivity index (χ0v) is 9.41. The number of aliphatic hydroxyl groups is 1. The Hall–Kier alpha value is -0.820. The van der Waals surface area contributed by atoms with Crippen LogP contribution in [0.25, 0.3) is 5.76 Å². The molecule has 0 aliphatic rings. The molecule has 0 saturated carbocycles. The van der Waals surface area contributed by atoms with Crippen LogP contribution in [-0.4, -0.2) is 17.1 Å². The standard InChI is InChI=1S/C8H4BrF3O2S/c9-7-2-1-5(15-7)4(13)3-6(14)8(10,11)12/h1-3,13H/b4-3-. The summed E-state index contributed by atoms with van der Waals surface area (Å²) < 4.78 is 36.1. The monoisotopic (exact) mass is 300 g/mol. The lowest BCUT2D eigenvalue weighted by Gasteiger charge is -2.00. The number of ketones is 1. The number of aliphatic hydroxyl groups excluding tert-OH is 1. The van der Waals surface area contributed by atoms with Crippen molar-refractivity contribution in [3.8, 4) is 0 Å². The van der Waals surface area contributed by atoms with Crippen molar-refractivity contribution >= 4 is 38.8 Å². The molecule has 15 heavy (non-hydrogen) atoms. The summed E-state index contributed by atoms with van der Waals surface area (Å²) in [4.78, 5) is 10.7. The Bertz CT molecular complexity index is 408. The van der Waals surface area contributed by atoms with Gasteiger partial charge in [-0.15, -0.1) is 11.3 Å². The van der Waals surface area contributed by atoms with Crippen LogP contribution in [0, 0.1) is 0 Å². The van der Waals surface area contributed by atoms with Crippen molar-refractivity contribution in [1.29, 1.82) is 0 Å². The van der Waals surface area contributed by atoms with E-state index in [0.29, 0.717) is 3.79 Å². The lowest BCUT2D eigenvalue weighted by Crippen LogP contribution is -2.20. The zero-order valence-electron chi connectivity index (χ0n) is 7.01. The molecule has 0 saturated heterocycles. The van der Waals surface area contributed by atoms with Crippen LogP contribution in [0.4, 0.5) is 13.2 Å². The van der Waals surface area contributed by atoms with Gasteiger partial charge in [-0.3, -0.25) is 4.79 Å². The maximum absolute atomic E-state index is 11.8. The molecule has 0 aliphatic carbocycles. The predicted octanol–water partition coefficient (Wildman–Crippen LogP) is 3.54. The van der Waals surface area contributed by atoms with Gasteiger partial charge in [0.25, 0.3) is 5.78 Å². The number of carbonyl (C=O) groups is 1. The van der Waals surface area contributed by atoms with Gasteiger partial charge in [-0.2, -0.15) is 13.2 Å². The van der Waals surface area contributed by atoms with Crippen molar-refractivity contribution in [2.75, 3.05) is 0 Å². The smallest absolute Gasteiger partial charge is 0.454 e. The first-order valence-corrected chi connectivity index (χ1v) is 5.19. The molecule has 2 nitrogen and oxygen atoms in total. The first-order valence-electron chi connectivity index (χ1n) is 3.58. The molecule has 1 N–H and O–H groups in total. The van der Waals surface area contributed by atoms with E-state index in [-0.39, 0.29) is 11.0 Å². The van der Waals surface area contributed by atoms with E-state index in [1.807, 2.05) is 0 Å². The van der Waals surface area contributed by atoms with Crippen molar-refractivity contribution in [1.82, 2.24) is 0 Å². The number of thiophene rings is 1. The average Bonchev–Trinajstić information content (AvgIpc) is 2.50. The van der Waals surface area contributed by atoms with E-state index >= 15 is 0 Å². The molecule has 82 valence electrons. The average molecular weight is 301 g/mol. The minimum Gasteiger partial charge on any atom is -0.506 e. The van der Waals surface area contributed by atoms with E-state index < -0.39 is 17.7 Å². The third-order valence-corrected chi connectivity index (χ3v) is 3.02. The summed E-state index contributed by atoms with van der Waals surface area (Å²) in [5.41, 5.74) is 0. The van der Waals surface area contributed by atoms with Crippen LogP contribution in [0.15, 0.2) is 22.0 Å². The van der Waals surface area contributed by atoms with Crippen LogP contribution in [0.1, 0.15) is 4.88 Å². The minimum atomic E-state index is -4.96. The van der Waals surface area contributed by atoms with Gasteiger partial charge >= 0.3 is 6.18 Å². The molecule has 7 heteroatoms. The first-order chi connectivity index (χ1) is 6.80. The minimum absolute atomic E-state index is 0.165. The highest BCUT2D eigenvalue weighted by Gasteiger charge is 2.37. The van der Waals surface area contributed by atoms with E-state index in [9.17, 15) is 23.1 Å². The second kappa shape index (κ2) is 4.36. The molecule has 0 bridgehead atoms. The molecule has 0 unspecified atom stereocenters. The topological polar surface area (TPSA) is 37.3 Å². The largest absolute Gasteiger partial charge is 0.506 e. The summed E-state index contributed by atoms with van der Waals surface area (Å²) in [6.45, 7) is 0. The zero-order chi connectivity index (χ0) is 11.6. The predicted molar refractivity (Wildman–Crippen MR) is 53.7 cm³/mol. The van der Waals surface area contributed by atoms with E-state index in [0.717, 1.165) is 11.3 Å². The number of allylic oxidation sites excluding steroid dienone is 1. The Morgan fingerprint density at radius 1 is 1.47 bits per heavy atom. The number of alkyl halides is 3. The highest BCUT2D eigenvalue weighted by atomic mass is 79.9. The number of rotatable bonds is 2. The first kappa shape index (κ1) is 12.3. The molecule has 0 radical (unpaired) electrons. The molecule has 0 atom stereocenters. The molecule has 0 amide bonds. The van der Waals surface area contributed by atoms with E-state index in [1.165, 1.54) is 6.07 Å². The fraction of sp³-hybridized carbons (Fsp3) is 0.125. The highest BCUT2D eigenvalue weighted by molar-refractivity contribution is 9.11. The molecule has 1 heterocycles. The second-order valence-electron chi connectivity index (χ2n) is 2.50. The molecule has 0 aromatic carbocycles. The Labute approximate surface area is 95.2 Å². The third kappa shape index (κ3) is 3.35. The van der Waals surface area contributed by atoms with Gasteiger partial charge in [0.15, 0.2) is 0 Å². The Kier molecular flexibility index (Phi) is 3.56. The van der Waals surface area contributed by atoms with Crippen LogP contribution in [0.2, 0.25) is 0 Å². The van der Waals surface area contributed by atoms with Crippen LogP contribution in [-0.2, 0) is 4.79 Å². The number of halogens is 4. The van der Waals surface area contributed by atoms with Gasteiger partial charge in [0.05, 0.1) is 8.66 Å². The van der Waals surface area contributed by atoms with E-state index in [1.54, 1.807) is 6.07 Å². The van der Waals surface area contributed by atoms with E-state index in [2.05, 4.69) is 15.9 Å². The van der Waals surface area contributed by atoms with Crippen molar-refractivity contribution in [3.05, 3.63) is 26.9 Å². The summed E-state index contributed by atoms with van der Waals surface area (Å²) in [7, 11) is 0. The van der Waals surface area contributed by atoms with Gasteiger partial charge in [-0.05, 0) is 28.1 Å². The van der Waals surface area contributed by atoms with Crippen molar-refractivity contribution in [3.63, 3.8) is 0 Å². The van der Waals surface area contributed by atoms with Crippen molar-refractivity contribution in [2.45, 2.75) is 6.18 Å². The summed E-state index contributed by atoms with van der Waals surface area (Å²) in [6.07, 6.45) is -4.79. The third-order valence-electron chi connectivity index (χ3n) is 1.37. The van der Waals surface area contributed by atoms with Crippen molar-refractivity contribution < 1.29 is 23.1 Å². The van der Waals surface area contributed by atoms with Crippen LogP contribution >= 0.6 is 27.3 Å². The maximum Gasteiger partial charge on any atom is 0.454 e. The van der Waals surface area contributed by atoms with Gasteiger partial charge in [-0.25, -0.2) is 0 Å². The van der Waals surface area contributed by atoms with Crippen LogP contribution in [0.5, 0.6) is 0 Å². The Morgan fingerprint density at radius 2 is 2.07 bits per heavy atom. The Balaban J connectivity index is 2.90. The maximum atomic E-state index is 11.8. The fourth-order valence-corrected chi connectivity index (χ4v) is 2.03. The summed E-state index contributed by atoms with van der Waals surface area (Å²) >= 11 is 4.11. The molecule has 1 aromatic heterocycles. The highest BCUT2D eigenvalue weighted by Crippen LogP contribution is 2.27. The SMILES string of the molecule is O=C(/C=C(\O)c1ccc(Br)s1)C(F)(F)F. The summed E-state index contributed by atoms with van der Waals surface area (Å²) in [6, 6.07) is 2.96. The number of hydrogen-bond acceptors (Lipinski definition) is 3. The van der Waals surface area contributed by atoms with Gasteiger partial charge in [-0.1, -0.05) is 0 Å². The van der Waals surface area contributed by atoms with Gasteiger partial charge in [0, 0.05) is 6.08 Å². The molecular formula is C8H4BrF3O2S. The normalized spacial score (nSPS) is 12.9. The van der Waals surface area contributed by atoms with Gasteiger partial charge in [0.2, 0.25) is 0 Å². The summed E-state index contributed by atoms with van der Waals surface area (Å²) in [5.74, 6) is -2.77. The van der Waals surface area contributed by atoms with Gasteiger partial charge < -0.3 is 5.11 Å². The van der Waals surface area contributed by atoms with E-state index in [4.69, 9.17) is 0 Å². The molecule has 1 aromatic rings. The quantitative estimate of drug-likeness (QED) is 0.670.